The van der Waals surface area contributed by atoms with Crippen LogP contribution in [0, 0.1) is 0 Å². The molecule has 0 saturated carbocycles. The van der Waals surface area contributed by atoms with E-state index < -0.39 is 42.7 Å². The molecule has 0 aliphatic carbocycles. The van der Waals surface area contributed by atoms with E-state index in [4.69, 9.17) is 14.6 Å². The van der Waals surface area contributed by atoms with E-state index in [1.807, 2.05) is 0 Å². The molecule has 1 aliphatic heterocycles. The monoisotopic (exact) mass is 295 g/mol. The molecule has 1 fully saturated rings. The Morgan fingerprint density at radius 3 is 2.50 bits per heavy atom. The zero-order valence-electron chi connectivity index (χ0n) is 11.6. The van der Waals surface area contributed by atoms with Gasteiger partial charge in [-0.05, 0) is 20.8 Å². The van der Waals surface area contributed by atoms with Gasteiger partial charge < -0.3 is 14.6 Å². The first-order valence-corrected chi connectivity index (χ1v) is 6.22. The van der Waals surface area contributed by atoms with Gasteiger partial charge in [0.25, 0.3) is 0 Å². The second-order valence-electron chi connectivity index (χ2n) is 5.57. The standard InChI is InChI=1S/C12H19F2NO5/c1-12(2,3)20-11(18)15-5-8(10(16)17)19-6-7(15)4-9(13)14/h7-9H,4-6H2,1-3H3,(H,16,17)/t7-,8?/m1/s1. The number of halogens is 2. The van der Waals surface area contributed by atoms with E-state index in [2.05, 4.69) is 0 Å². The highest BCUT2D eigenvalue weighted by Gasteiger charge is 2.38. The average molecular weight is 295 g/mol. The molecule has 0 radical (unpaired) electrons. The fourth-order valence-electron chi connectivity index (χ4n) is 1.79. The zero-order chi connectivity index (χ0) is 15.5. The fourth-order valence-corrected chi connectivity index (χ4v) is 1.79. The molecule has 0 bridgehead atoms. The minimum absolute atomic E-state index is 0.249. The van der Waals surface area contributed by atoms with Gasteiger partial charge in [-0.2, -0.15) is 0 Å². The molecule has 0 spiro atoms. The second-order valence-corrected chi connectivity index (χ2v) is 5.57. The number of carboxylic acids is 1. The molecule has 1 N–H and O–H groups in total. The number of hydrogen-bond donors (Lipinski definition) is 1. The Balaban J connectivity index is 2.80. The number of carboxylic acid groups (broad SMARTS) is 1. The maximum absolute atomic E-state index is 12.5. The van der Waals surface area contributed by atoms with Crippen LogP contribution in [-0.4, -0.2) is 59.4 Å². The summed E-state index contributed by atoms with van der Waals surface area (Å²) >= 11 is 0. The highest BCUT2D eigenvalue weighted by molar-refractivity contribution is 5.75. The lowest BCUT2D eigenvalue weighted by Crippen LogP contribution is -2.55. The number of alkyl halides is 2. The highest BCUT2D eigenvalue weighted by atomic mass is 19.3. The van der Waals surface area contributed by atoms with Gasteiger partial charge in [0.15, 0.2) is 6.10 Å². The molecule has 0 aromatic rings. The van der Waals surface area contributed by atoms with Crippen LogP contribution in [0.25, 0.3) is 0 Å². The van der Waals surface area contributed by atoms with Gasteiger partial charge in [-0.15, -0.1) is 0 Å². The average Bonchev–Trinajstić information content (AvgIpc) is 2.25. The van der Waals surface area contributed by atoms with Crippen LogP contribution in [0.3, 0.4) is 0 Å². The van der Waals surface area contributed by atoms with Crippen molar-refractivity contribution >= 4 is 12.1 Å². The van der Waals surface area contributed by atoms with Crippen LogP contribution >= 0.6 is 0 Å². The van der Waals surface area contributed by atoms with Crippen LogP contribution in [0.1, 0.15) is 27.2 Å². The lowest BCUT2D eigenvalue weighted by Gasteiger charge is -2.38. The van der Waals surface area contributed by atoms with Gasteiger partial charge in [0.05, 0.1) is 19.2 Å². The Hall–Kier alpha value is -1.44. The van der Waals surface area contributed by atoms with E-state index in [0.29, 0.717) is 0 Å². The van der Waals surface area contributed by atoms with Crippen LogP contribution in [0.2, 0.25) is 0 Å². The predicted molar refractivity (Wildman–Crippen MR) is 64.7 cm³/mol. The third-order valence-electron chi connectivity index (χ3n) is 2.65. The van der Waals surface area contributed by atoms with Crippen molar-refractivity contribution in [3.63, 3.8) is 0 Å². The molecule has 2 atom stereocenters. The van der Waals surface area contributed by atoms with Gasteiger partial charge in [0.2, 0.25) is 6.43 Å². The van der Waals surface area contributed by atoms with Gasteiger partial charge >= 0.3 is 12.1 Å². The van der Waals surface area contributed by atoms with E-state index in [0.717, 1.165) is 4.90 Å². The van der Waals surface area contributed by atoms with E-state index in [1.54, 1.807) is 20.8 Å². The van der Waals surface area contributed by atoms with Crippen molar-refractivity contribution < 1.29 is 33.0 Å². The van der Waals surface area contributed by atoms with Gasteiger partial charge in [0.1, 0.15) is 5.60 Å². The van der Waals surface area contributed by atoms with E-state index in [9.17, 15) is 18.4 Å². The first kappa shape index (κ1) is 16.6. The first-order valence-electron chi connectivity index (χ1n) is 6.22. The maximum Gasteiger partial charge on any atom is 0.410 e. The molecule has 1 aliphatic rings. The number of morpholine rings is 1. The molecule has 20 heavy (non-hydrogen) atoms. The smallest absolute Gasteiger partial charge is 0.410 e. The van der Waals surface area contributed by atoms with Crippen molar-refractivity contribution in [3.8, 4) is 0 Å². The van der Waals surface area contributed by atoms with Crippen molar-refractivity contribution in [2.45, 2.75) is 51.4 Å². The minimum atomic E-state index is -2.62. The minimum Gasteiger partial charge on any atom is -0.479 e. The van der Waals surface area contributed by atoms with Gasteiger partial charge in [0, 0.05) is 6.42 Å². The van der Waals surface area contributed by atoms with E-state index in [-0.39, 0.29) is 13.2 Å². The van der Waals surface area contributed by atoms with Crippen LogP contribution in [0.5, 0.6) is 0 Å². The Morgan fingerprint density at radius 2 is 2.05 bits per heavy atom. The molecule has 116 valence electrons. The van der Waals surface area contributed by atoms with Crippen LogP contribution in [0.4, 0.5) is 13.6 Å². The fraction of sp³-hybridized carbons (Fsp3) is 0.833. The molecule has 0 aromatic carbocycles. The lowest BCUT2D eigenvalue weighted by atomic mass is 10.1. The molecule has 1 amide bonds. The van der Waals surface area contributed by atoms with Gasteiger partial charge in [-0.25, -0.2) is 18.4 Å². The van der Waals surface area contributed by atoms with Crippen molar-refractivity contribution in [2.75, 3.05) is 13.2 Å². The molecule has 1 saturated heterocycles. The summed E-state index contributed by atoms with van der Waals surface area (Å²) in [6.45, 7) is 4.37. The predicted octanol–water partition coefficient (Wildman–Crippen LogP) is 1.73. The summed E-state index contributed by atoms with van der Waals surface area (Å²) in [5, 5.41) is 8.89. The Bertz CT molecular complexity index is 369. The summed E-state index contributed by atoms with van der Waals surface area (Å²) in [6, 6.07) is -0.888. The molecule has 0 aromatic heterocycles. The number of ether oxygens (including phenoxy) is 2. The third-order valence-corrected chi connectivity index (χ3v) is 2.65. The number of carbonyl (C=O) groups is 2. The van der Waals surface area contributed by atoms with Crippen LogP contribution < -0.4 is 0 Å². The summed E-state index contributed by atoms with van der Waals surface area (Å²) in [6.07, 6.45) is -5.23. The Kier molecular flexibility index (Phi) is 5.27. The van der Waals surface area contributed by atoms with Crippen molar-refractivity contribution in [3.05, 3.63) is 0 Å². The van der Waals surface area contributed by atoms with Gasteiger partial charge in [-0.1, -0.05) is 0 Å². The molecular formula is C12H19F2NO5. The summed E-state index contributed by atoms with van der Waals surface area (Å²) in [7, 11) is 0. The van der Waals surface area contributed by atoms with Crippen molar-refractivity contribution in [1.29, 1.82) is 0 Å². The van der Waals surface area contributed by atoms with Crippen molar-refractivity contribution in [2.24, 2.45) is 0 Å². The first-order chi connectivity index (χ1) is 9.10. The molecule has 8 heteroatoms. The molecule has 1 unspecified atom stereocenters. The second kappa shape index (κ2) is 6.34. The third kappa shape index (κ3) is 4.92. The summed E-state index contributed by atoms with van der Waals surface area (Å²) < 4.78 is 35.1. The number of amides is 1. The largest absolute Gasteiger partial charge is 0.479 e. The zero-order valence-corrected chi connectivity index (χ0v) is 11.6. The lowest BCUT2D eigenvalue weighted by molar-refractivity contribution is -0.159. The summed E-state index contributed by atoms with van der Waals surface area (Å²) in [5.41, 5.74) is -0.788. The Morgan fingerprint density at radius 1 is 1.45 bits per heavy atom. The SMILES string of the molecule is CC(C)(C)OC(=O)N1CC(C(=O)O)OC[C@H]1CC(F)F. The van der Waals surface area contributed by atoms with Crippen LogP contribution in [-0.2, 0) is 14.3 Å². The summed E-state index contributed by atoms with van der Waals surface area (Å²) in [4.78, 5) is 23.9. The number of hydrogen-bond acceptors (Lipinski definition) is 4. The Labute approximate surface area is 115 Å². The molecule has 6 nitrogen and oxygen atoms in total. The molecule has 1 rings (SSSR count). The van der Waals surface area contributed by atoms with E-state index >= 15 is 0 Å². The van der Waals surface area contributed by atoms with Crippen molar-refractivity contribution in [1.82, 2.24) is 4.90 Å². The number of nitrogens with zero attached hydrogens (tertiary/aromatic N) is 1. The number of aliphatic carboxylic acids is 1. The summed E-state index contributed by atoms with van der Waals surface area (Å²) in [5.74, 6) is -1.24. The topological polar surface area (TPSA) is 76.1 Å². The van der Waals surface area contributed by atoms with Crippen LogP contribution in [0.15, 0.2) is 0 Å². The van der Waals surface area contributed by atoms with Gasteiger partial charge in [-0.3, -0.25) is 4.90 Å². The number of rotatable bonds is 3. The van der Waals surface area contributed by atoms with E-state index in [1.165, 1.54) is 0 Å². The molecule has 1 heterocycles. The highest BCUT2D eigenvalue weighted by Crippen LogP contribution is 2.21. The normalized spacial score (nSPS) is 23.8. The number of carbonyl (C=O) groups excluding carboxylic acids is 1. The maximum atomic E-state index is 12.5. The quantitative estimate of drug-likeness (QED) is 0.858. The molecular weight excluding hydrogens is 276 g/mol.